The van der Waals surface area contributed by atoms with E-state index in [9.17, 15) is 13.2 Å². The summed E-state index contributed by atoms with van der Waals surface area (Å²) < 4.78 is 25.9. The zero-order valence-electron chi connectivity index (χ0n) is 16.6. The van der Waals surface area contributed by atoms with Crippen molar-refractivity contribution in [2.24, 2.45) is 5.73 Å². The highest BCUT2D eigenvalue weighted by molar-refractivity contribution is 7.92. The van der Waals surface area contributed by atoms with Crippen molar-refractivity contribution in [2.45, 2.75) is 6.92 Å². The summed E-state index contributed by atoms with van der Waals surface area (Å²) >= 11 is 0. The van der Waals surface area contributed by atoms with Crippen molar-refractivity contribution in [3.8, 4) is 11.3 Å². The number of benzene rings is 2. The van der Waals surface area contributed by atoms with E-state index in [4.69, 9.17) is 5.73 Å². The van der Waals surface area contributed by atoms with E-state index in [0.29, 0.717) is 28.6 Å². The molecule has 5 N–H and O–H groups in total. The Morgan fingerprint density at radius 1 is 1.10 bits per heavy atom. The van der Waals surface area contributed by atoms with Crippen LogP contribution in [-0.4, -0.2) is 35.3 Å². The smallest absolute Gasteiger partial charge is 0.254 e. The Hall–Kier alpha value is -3.92. The third-order valence-corrected chi connectivity index (χ3v) is 6.02. The Morgan fingerprint density at radius 2 is 1.81 bits per heavy atom. The van der Waals surface area contributed by atoms with Crippen molar-refractivity contribution in [1.29, 1.82) is 0 Å². The SMILES string of the molecule is CCS(=O)(=O)Nc1ccc(-c2n[nH]c(Nc3cc4ccccc4cn3)c2C(N)=O)cc1. The number of amides is 1. The number of nitrogens with one attached hydrogen (secondary N) is 3. The summed E-state index contributed by atoms with van der Waals surface area (Å²) in [5.41, 5.74) is 7.17. The predicted molar refractivity (Wildman–Crippen MR) is 121 cm³/mol. The van der Waals surface area contributed by atoms with E-state index in [-0.39, 0.29) is 11.3 Å². The fourth-order valence-electron chi connectivity index (χ4n) is 3.11. The van der Waals surface area contributed by atoms with Gasteiger partial charge < -0.3 is 11.1 Å². The topological polar surface area (TPSA) is 143 Å². The molecule has 2 aromatic heterocycles. The highest BCUT2D eigenvalue weighted by atomic mass is 32.2. The number of aromatic nitrogens is 3. The maximum absolute atomic E-state index is 12.2. The van der Waals surface area contributed by atoms with Gasteiger partial charge in [0.05, 0.1) is 5.75 Å². The van der Waals surface area contributed by atoms with E-state index >= 15 is 0 Å². The average molecular weight is 436 g/mol. The van der Waals surface area contributed by atoms with Crippen LogP contribution in [-0.2, 0) is 10.0 Å². The van der Waals surface area contributed by atoms with Gasteiger partial charge in [-0.1, -0.05) is 36.4 Å². The number of pyridine rings is 1. The van der Waals surface area contributed by atoms with E-state index < -0.39 is 15.9 Å². The third kappa shape index (κ3) is 4.33. The molecule has 10 heteroatoms. The van der Waals surface area contributed by atoms with Crippen LogP contribution in [0.3, 0.4) is 0 Å². The van der Waals surface area contributed by atoms with Gasteiger partial charge in [0.1, 0.15) is 22.9 Å². The van der Waals surface area contributed by atoms with E-state index in [2.05, 4.69) is 25.2 Å². The first kappa shape index (κ1) is 20.4. The molecular formula is C21H20N6O3S. The number of hydrogen-bond donors (Lipinski definition) is 4. The van der Waals surface area contributed by atoms with Crippen LogP contribution >= 0.6 is 0 Å². The molecule has 0 aliphatic carbocycles. The first-order valence-electron chi connectivity index (χ1n) is 9.47. The molecule has 0 fully saturated rings. The molecule has 0 radical (unpaired) electrons. The van der Waals surface area contributed by atoms with Gasteiger partial charge in [-0.15, -0.1) is 0 Å². The van der Waals surface area contributed by atoms with Crippen molar-refractivity contribution in [3.05, 3.63) is 66.4 Å². The lowest BCUT2D eigenvalue weighted by Crippen LogP contribution is -2.14. The summed E-state index contributed by atoms with van der Waals surface area (Å²) in [6, 6.07) is 16.2. The number of primary amides is 1. The standard InChI is InChI=1S/C21H20N6O3S/c1-2-31(29,30)27-16-9-7-13(8-10-16)19-18(20(22)28)21(26-25-19)24-17-11-14-5-3-4-6-15(14)12-23-17/h3-12,27H,2H2,1H3,(H2,22,28)(H2,23,24,25,26). The largest absolute Gasteiger partial charge is 0.365 e. The molecule has 2 heterocycles. The van der Waals surface area contributed by atoms with Crippen molar-refractivity contribution in [3.63, 3.8) is 0 Å². The summed E-state index contributed by atoms with van der Waals surface area (Å²) in [7, 11) is -3.38. The van der Waals surface area contributed by atoms with Crippen LogP contribution in [0, 0.1) is 0 Å². The molecule has 1 amide bonds. The minimum absolute atomic E-state index is 0.0300. The molecule has 2 aromatic carbocycles. The maximum Gasteiger partial charge on any atom is 0.254 e. The Morgan fingerprint density at radius 3 is 2.48 bits per heavy atom. The monoisotopic (exact) mass is 436 g/mol. The Balaban J connectivity index is 1.65. The van der Waals surface area contributed by atoms with Gasteiger partial charge in [-0.25, -0.2) is 13.4 Å². The molecule has 0 atom stereocenters. The number of carbonyl (C=O) groups is 1. The van der Waals surface area contributed by atoms with E-state index in [1.807, 2.05) is 30.3 Å². The van der Waals surface area contributed by atoms with Crippen LogP contribution in [0.1, 0.15) is 17.3 Å². The summed E-state index contributed by atoms with van der Waals surface area (Å²) in [5.74, 6) is 0.155. The number of H-pyrrole nitrogens is 1. The second-order valence-corrected chi connectivity index (χ2v) is 8.82. The van der Waals surface area contributed by atoms with Crippen molar-refractivity contribution in [2.75, 3.05) is 15.8 Å². The highest BCUT2D eigenvalue weighted by Gasteiger charge is 2.20. The summed E-state index contributed by atoms with van der Waals surface area (Å²) in [5, 5.41) is 12.1. The van der Waals surface area contributed by atoms with Gasteiger partial charge in [0.2, 0.25) is 10.0 Å². The molecule has 4 aromatic rings. The van der Waals surface area contributed by atoms with Crippen LogP contribution in [0.4, 0.5) is 17.3 Å². The summed E-state index contributed by atoms with van der Waals surface area (Å²) in [6.07, 6.45) is 1.73. The first-order valence-corrected chi connectivity index (χ1v) is 11.1. The van der Waals surface area contributed by atoms with Crippen LogP contribution < -0.4 is 15.8 Å². The van der Waals surface area contributed by atoms with Crippen LogP contribution in [0.5, 0.6) is 0 Å². The molecule has 0 unspecified atom stereocenters. The first-order chi connectivity index (χ1) is 14.9. The number of aromatic amines is 1. The summed E-state index contributed by atoms with van der Waals surface area (Å²) in [6.45, 7) is 1.55. The van der Waals surface area contributed by atoms with Crippen molar-refractivity contribution in [1.82, 2.24) is 15.2 Å². The Kier molecular flexibility index (Phi) is 5.30. The molecule has 31 heavy (non-hydrogen) atoms. The number of rotatable bonds is 7. The highest BCUT2D eigenvalue weighted by Crippen LogP contribution is 2.29. The second-order valence-electron chi connectivity index (χ2n) is 6.81. The van der Waals surface area contributed by atoms with E-state index in [1.165, 1.54) is 0 Å². The molecule has 0 aliphatic rings. The number of hydrogen-bond acceptors (Lipinski definition) is 6. The number of fused-ring (bicyclic) bond motifs is 1. The predicted octanol–water partition coefficient (Wildman–Crippen LogP) is 3.23. The van der Waals surface area contributed by atoms with Gasteiger partial charge in [0.25, 0.3) is 5.91 Å². The fraction of sp³-hybridized carbons (Fsp3) is 0.0952. The van der Waals surface area contributed by atoms with Crippen LogP contribution in [0.2, 0.25) is 0 Å². The zero-order chi connectivity index (χ0) is 22.0. The molecular weight excluding hydrogens is 416 g/mol. The molecule has 9 nitrogen and oxygen atoms in total. The number of carbonyl (C=O) groups excluding carboxylic acids is 1. The number of sulfonamides is 1. The third-order valence-electron chi connectivity index (χ3n) is 4.71. The molecule has 0 saturated carbocycles. The zero-order valence-corrected chi connectivity index (χ0v) is 17.4. The van der Waals surface area contributed by atoms with Gasteiger partial charge >= 0.3 is 0 Å². The van der Waals surface area contributed by atoms with Gasteiger partial charge in [-0.05, 0) is 30.5 Å². The van der Waals surface area contributed by atoms with Gasteiger partial charge in [-0.3, -0.25) is 14.6 Å². The average Bonchev–Trinajstić information content (AvgIpc) is 3.18. The molecule has 0 spiro atoms. The maximum atomic E-state index is 12.2. The molecule has 0 saturated heterocycles. The minimum Gasteiger partial charge on any atom is -0.365 e. The molecule has 158 valence electrons. The molecule has 4 rings (SSSR count). The van der Waals surface area contributed by atoms with Crippen molar-refractivity contribution < 1.29 is 13.2 Å². The van der Waals surface area contributed by atoms with E-state index in [0.717, 1.165) is 10.8 Å². The quantitative estimate of drug-likeness (QED) is 0.350. The van der Waals surface area contributed by atoms with Gasteiger partial charge in [-0.2, -0.15) is 5.10 Å². The lowest BCUT2D eigenvalue weighted by molar-refractivity contribution is 0.100. The summed E-state index contributed by atoms with van der Waals surface area (Å²) in [4.78, 5) is 16.5. The Labute approximate surface area is 178 Å². The van der Waals surface area contributed by atoms with E-state index in [1.54, 1.807) is 37.4 Å². The van der Waals surface area contributed by atoms with Crippen LogP contribution in [0.25, 0.3) is 22.0 Å². The number of nitrogens with two attached hydrogens (primary N) is 1. The van der Waals surface area contributed by atoms with Crippen LogP contribution in [0.15, 0.2) is 60.8 Å². The molecule has 0 aliphatic heterocycles. The number of anilines is 3. The lowest BCUT2D eigenvalue weighted by atomic mass is 10.1. The van der Waals surface area contributed by atoms with Crippen molar-refractivity contribution >= 4 is 44.0 Å². The Bertz CT molecular complexity index is 1360. The fourth-order valence-corrected chi connectivity index (χ4v) is 3.75. The second kappa shape index (κ2) is 8.07. The minimum atomic E-state index is -3.38. The number of nitrogens with zero attached hydrogens (tertiary/aromatic N) is 2. The van der Waals surface area contributed by atoms with Gasteiger partial charge in [0.15, 0.2) is 0 Å². The molecule has 0 bridgehead atoms. The lowest BCUT2D eigenvalue weighted by Gasteiger charge is -2.08. The van der Waals surface area contributed by atoms with Gasteiger partial charge in [0, 0.05) is 22.8 Å². The normalized spacial score (nSPS) is 11.4.